The molecule has 2 heterocycles. The molecule has 7 nitrogen and oxygen atoms in total. The monoisotopic (exact) mass is 449 g/mol. The van der Waals surface area contributed by atoms with E-state index in [0.717, 1.165) is 22.8 Å². The quantitative estimate of drug-likeness (QED) is 0.540. The van der Waals surface area contributed by atoms with Crippen molar-refractivity contribution in [1.82, 2.24) is 9.47 Å². The van der Waals surface area contributed by atoms with Crippen molar-refractivity contribution in [2.45, 2.75) is 0 Å². The number of aliphatic imine (C=N–C) groups is 1. The third-order valence-electron chi connectivity index (χ3n) is 4.89. The number of rotatable bonds is 7. The van der Waals surface area contributed by atoms with E-state index < -0.39 is 0 Å². The predicted molar refractivity (Wildman–Crippen MR) is 127 cm³/mol. The van der Waals surface area contributed by atoms with Crippen molar-refractivity contribution in [3.05, 3.63) is 77.5 Å². The number of carbonyl (C=O) groups is 1. The van der Waals surface area contributed by atoms with Crippen LogP contribution in [0.4, 0.5) is 5.69 Å². The maximum absolute atomic E-state index is 13.2. The fourth-order valence-electron chi connectivity index (χ4n) is 3.23. The Labute approximate surface area is 190 Å². The van der Waals surface area contributed by atoms with E-state index in [9.17, 15) is 9.90 Å². The first kappa shape index (κ1) is 21.7. The third kappa shape index (κ3) is 4.71. The summed E-state index contributed by atoms with van der Waals surface area (Å²) in [7, 11) is 3.22. The number of aromatic nitrogens is 1. The first-order chi connectivity index (χ1) is 15.6. The Morgan fingerprint density at radius 2 is 1.81 bits per heavy atom. The van der Waals surface area contributed by atoms with Crippen LogP contribution < -0.4 is 4.74 Å². The minimum Gasteiger partial charge on any atom is -0.508 e. The summed E-state index contributed by atoms with van der Waals surface area (Å²) in [5.74, 6) is 0.837. The molecule has 32 heavy (non-hydrogen) atoms. The van der Waals surface area contributed by atoms with Gasteiger partial charge >= 0.3 is 0 Å². The van der Waals surface area contributed by atoms with Crippen LogP contribution in [0, 0.1) is 0 Å². The Bertz CT molecular complexity index is 1150. The molecule has 2 aromatic carbocycles. The molecular weight excluding hydrogens is 426 g/mol. The number of nitrogens with zero attached hydrogens (tertiary/aromatic N) is 3. The van der Waals surface area contributed by atoms with Crippen LogP contribution in [0.5, 0.6) is 11.5 Å². The minimum atomic E-state index is -0.113. The summed E-state index contributed by atoms with van der Waals surface area (Å²) < 4.78 is 12.3. The molecule has 0 radical (unpaired) electrons. The van der Waals surface area contributed by atoms with E-state index in [4.69, 9.17) is 9.47 Å². The Hall–Kier alpha value is -3.49. The zero-order chi connectivity index (χ0) is 22.5. The highest BCUT2D eigenvalue weighted by Crippen LogP contribution is 2.34. The van der Waals surface area contributed by atoms with Crippen molar-refractivity contribution in [2.75, 3.05) is 27.4 Å². The first-order valence-corrected chi connectivity index (χ1v) is 10.8. The Kier molecular flexibility index (Phi) is 6.63. The van der Waals surface area contributed by atoms with E-state index in [1.54, 1.807) is 31.3 Å². The summed E-state index contributed by atoms with van der Waals surface area (Å²) in [6, 6.07) is 18.1. The highest BCUT2D eigenvalue weighted by molar-refractivity contribution is 8.18. The molecule has 164 valence electrons. The topological polar surface area (TPSA) is 76.3 Å². The fourth-order valence-corrected chi connectivity index (χ4v) is 4.24. The van der Waals surface area contributed by atoms with Gasteiger partial charge < -0.3 is 19.1 Å². The number of phenolic OH excluding ortho intramolecular Hbond substituents is 1. The van der Waals surface area contributed by atoms with Crippen LogP contribution in [0.15, 0.2) is 76.8 Å². The van der Waals surface area contributed by atoms with Gasteiger partial charge in [-0.3, -0.25) is 9.69 Å². The second-order valence-electron chi connectivity index (χ2n) is 6.97. The van der Waals surface area contributed by atoms with E-state index >= 15 is 0 Å². The SMILES string of the molecule is COCCN1C(=O)/C(=C/c2cccn2-c2ccc(O)cc2)SC1=Nc1ccc(OC)cc1. The van der Waals surface area contributed by atoms with Gasteiger partial charge in [0.1, 0.15) is 11.5 Å². The van der Waals surface area contributed by atoms with Gasteiger partial charge in [-0.1, -0.05) is 0 Å². The number of thioether (sulfide) groups is 1. The van der Waals surface area contributed by atoms with Gasteiger partial charge in [-0.2, -0.15) is 0 Å². The average Bonchev–Trinajstić information content (AvgIpc) is 3.38. The number of phenols is 1. The van der Waals surface area contributed by atoms with Gasteiger partial charge in [0.05, 0.1) is 30.9 Å². The molecule has 1 amide bonds. The number of methoxy groups -OCH3 is 2. The molecule has 1 fully saturated rings. The van der Waals surface area contributed by atoms with Crippen LogP contribution in [0.2, 0.25) is 0 Å². The zero-order valence-corrected chi connectivity index (χ0v) is 18.6. The fraction of sp³-hybridized carbons (Fsp3) is 0.167. The number of amides is 1. The number of benzene rings is 2. The molecule has 1 aromatic heterocycles. The molecule has 1 saturated heterocycles. The maximum Gasteiger partial charge on any atom is 0.266 e. The van der Waals surface area contributed by atoms with Gasteiger partial charge in [-0.25, -0.2) is 4.99 Å². The first-order valence-electron chi connectivity index (χ1n) is 9.99. The number of aromatic hydroxyl groups is 1. The Morgan fingerprint density at radius 3 is 2.50 bits per heavy atom. The smallest absolute Gasteiger partial charge is 0.266 e. The maximum atomic E-state index is 13.2. The highest BCUT2D eigenvalue weighted by Gasteiger charge is 2.33. The molecule has 0 unspecified atom stereocenters. The molecule has 8 heteroatoms. The van der Waals surface area contributed by atoms with Gasteiger partial charge in [-0.05, 0) is 78.5 Å². The lowest BCUT2D eigenvalue weighted by Crippen LogP contribution is -2.32. The van der Waals surface area contributed by atoms with Crippen molar-refractivity contribution in [3.8, 4) is 17.2 Å². The number of hydrogen-bond donors (Lipinski definition) is 1. The van der Waals surface area contributed by atoms with Crippen LogP contribution in [0.3, 0.4) is 0 Å². The number of hydrogen-bond acceptors (Lipinski definition) is 6. The van der Waals surface area contributed by atoms with Gasteiger partial charge in [0.15, 0.2) is 5.17 Å². The van der Waals surface area contributed by atoms with Crippen molar-refractivity contribution >= 4 is 34.6 Å². The second kappa shape index (κ2) is 9.76. The van der Waals surface area contributed by atoms with E-state index in [0.29, 0.717) is 23.2 Å². The van der Waals surface area contributed by atoms with Crippen LogP contribution >= 0.6 is 11.8 Å². The van der Waals surface area contributed by atoms with Crippen LogP contribution in [0.25, 0.3) is 11.8 Å². The Balaban J connectivity index is 1.66. The summed E-state index contributed by atoms with van der Waals surface area (Å²) in [4.78, 5) is 20.1. The van der Waals surface area contributed by atoms with Gasteiger partial charge in [0.25, 0.3) is 5.91 Å². The van der Waals surface area contributed by atoms with Gasteiger partial charge in [0.2, 0.25) is 0 Å². The molecule has 1 aliphatic heterocycles. The van der Waals surface area contributed by atoms with E-state index in [1.807, 2.05) is 65.4 Å². The summed E-state index contributed by atoms with van der Waals surface area (Å²) >= 11 is 1.33. The number of amidine groups is 1. The Morgan fingerprint density at radius 1 is 1.06 bits per heavy atom. The zero-order valence-electron chi connectivity index (χ0n) is 17.8. The lowest BCUT2D eigenvalue weighted by molar-refractivity contribution is -0.122. The standard InChI is InChI=1S/C24H23N3O4S/c1-30-15-14-27-23(29)22(32-24(27)25-17-5-11-21(31-2)12-6-17)16-19-4-3-13-26(19)18-7-9-20(28)10-8-18/h3-13,16,28H,14-15H2,1-2H3/b22-16-,25-24?. The predicted octanol–water partition coefficient (Wildman–Crippen LogP) is 4.44. The van der Waals surface area contributed by atoms with Gasteiger partial charge in [-0.15, -0.1) is 0 Å². The molecular formula is C24H23N3O4S. The van der Waals surface area contributed by atoms with Crippen LogP contribution in [-0.4, -0.2) is 53.0 Å². The molecule has 4 rings (SSSR count). The molecule has 0 bridgehead atoms. The van der Waals surface area contributed by atoms with Crippen molar-refractivity contribution in [2.24, 2.45) is 4.99 Å². The molecule has 3 aromatic rings. The molecule has 0 atom stereocenters. The summed E-state index contributed by atoms with van der Waals surface area (Å²) in [5.41, 5.74) is 2.47. The van der Waals surface area contributed by atoms with Crippen molar-refractivity contribution in [3.63, 3.8) is 0 Å². The van der Waals surface area contributed by atoms with E-state index in [-0.39, 0.29) is 11.7 Å². The van der Waals surface area contributed by atoms with Crippen molar-refractivity contribution in [1.29, 1.82) is 0 Å². The summed E-state index contributed by atoms with van der Waals surface area (Å²) in [6.07, 6.45) is 3.77. The normalized spacial score (nSPS) is 16.3. The van der Waals surface area contributed by atoms with Gasteiger partial charge in [0, 0.05) is 24.7 Å². The molecule has 1 N–H and O–H groups in total. The lowest BCUT2D eigenvalue weighted by Gasteiger charge is -2.14. The number of ether oxygens (including phenoxy) is 2. The molecule has 0 spiro atoms. The average molecular weight is 450 g/mol. The highest BCUT2D eigenvalue weighted by atomic mass is 32.2. The third-order valence-corrected chi connectivity index (χ3v) is 5.90. The van der Waals surface area contributed by atoms with Crippen molar-refractivity contribution < 1.29 is 19.4 Å². The van der Waals surface area contributed by atoms with E-state index in [2.05, 4.69) is 4.99 Å². The minimum absolute atomic E-state index is 0.113. The largest absolute Gasteiger partial charge is 0.508 e. The lowest BCUT2D eigenvalue weighted by atomic mass is 10.3. The summed E-state index contributed by atoms with van der Waals surface area (Å²) in [6.45, 7) is 0.818. The number of carbonyl (C=O) groups excluding carboxylic acids is 1. The second-order valence-corrected chi connectivity index (χ2v) is 7.98. The molecule has 0 aliphatic carbocycles. The molecule has 1 aliphatic rings. The molecule has 0 saturated carbocycles. The van der Waals surface area contributed by atoms with Crippen LogP contribution in [-0.2, 0) is 9.53 Å². The van der Waals surface area contributed by atoms with Crippen LogP contribution in [0.1, 0.15) is 5.69 Å². The van der Waals surface area contributed by atoms with E-state index in [1.165, 1.54) is 11.8 Å². The summed E-state index contributed by atoms with van der Waals surface area (Å²) in [5, 5.41) is 10.2.